The predicted octanol–water partition coefficient (Wildman–Crippen LogP) is 3.30. The predicted molar refractivity (Wildman–Crippen MR) is 89.8 cm³/mol. The molecule has 0 aliphatic heterocycles. The van der Waals surface area contributed by atoms with Gasteiger partial charge in [-0.3, -0.25) is 0 Å². The molecule has 8 heteroatoms. The van der Waals surface area contributed by atoms with Crippen molar-refractivity contribution >= 4 is 45.0 Å². The van der Waals surface area contributed by atoms with Gasteiger partial charge in [0.25, 0.3) is 0 Å². The summed E-state index contributed by atoms with van der Waals surface area (Å²) in [5.41, 5.74) is 0.329. The monoisotopic (exact) mass is 371 g/mol. The largest absolute Gasteiger partial charge is 0.392 e. The van der Waals surface area contributed by atoms with Crippen LogP contribution in [0.15, 0.2) is 17.0 Å². The van der Waals surface area contributed by atoms with Crippen LogP contribution in [0.4, 0.5) is 0 Å². The van der Waals surface area contributed by atoms with E-state index in [0.717, 1.165) is 17.9 Å². The lowest BCUT2D eigenvalue weighted by atomic mass is 10.2. The molecule has 0 fully saturated rings. The molecule has 4 nitrogen and oxygen atoms in total. The molecule has 0 aliphatic rings. The highest BCUT2D eigenvalue weighted by atomic mass is 35.5. The van der Waals surface area contributed by atoms with Gasteiger partial charge in [0.1, 0.15) is 4.90 Å². The van der Waals surface area contributed by atoms with Crippen LogP contribution in [0.3, 0.4) is 0 Å². The number of thioether (sulfide) groups is 1. The van der Waals surface area contributed by atoms with E-state index >= 15 is 0 Å². The van der Waals surface area contributed by atoms with E-state index in [2.05, 4.69) is 11.6 Å². The number of sulfonamides is 1. The molecule has 1 aromatic carbocycles. The smallest absolute Gasteiger partial charge is 0.242 e. The van der Waals surface area contributed by atoms with Gasteiger partial charge in [-0.2, -0.15) is 11.8 Å². The number of benzene rings is 1. The lowest BCUT2D eigenvalue weighted by molar-refractivity contribution is 0.281. The fourth-order valence-electron chi connectivity index (χ4n) is 1.69. The Kier molecular flexibility index (Phi) is 7.81. The molecule has 0 bridgehead atoms. The molecule has 2 N–H and O–H groups in total. The Balaban J connectivity index is 2.92. The Morgan fingerprint density at radius 2 is 2.00 bits per heavy atom. The molecule has 1 atom stereocenters. The van der Waals surface area contributed by atoms with Crippen molar-refractivity contribution in [1.82, 2.24) is 4.72 Å². The van der Waals surface area contributed by atoms with Gasteiger partial charge in [-0.25, -0.2) is 13.1 Å². The molecule has 0 saturated carbocycles. The molecular formula is C13H19Cl2NO3S2. The summed E-state index contributed by atoms with van der Waals surface area (Å²) in [6.07, 6.45) is 0.732. The van der Waals surface area contributed by atoms with Gasteiger partial charge in [0, 0.05) is 11.1 Å². The van der Waals surface area contributed by atoms with Crippen molar-refractivity contribution in [2.45, 2.75) is 37.8 Å². The van der Waals surface area contributed by atoms with Gasteiger partial charge in [-0.15, -0.1) is 0 Å². The maximum Gasteiger partial charge on any atom is 0.242 e. The molecular weight excluding hydrogens is 353 g/mol. The van der Waals surface area contributed by atoms with Crippen molar-refractivity contribution < 1.29 is 13.5 Å². The molecule has 0 heterocycles. The normalized spacial score (nSPS) is 13.4. The number of rotatable bonds is 8. The topological polar surface area (TPSA) is 66.4 Å². The number of hydrogen-bond donors (Lipinski definition) is 2. The quantitative estimate of drug-likeness (QED) is 0.688. The Morgan fingerprint density at radius 1 is 1.33 bits per heavy atom. The molecule has 0 aliphatic carbocycles. The van der Waals surface area contributed by atoms with E-state index < -0.39 is 10.0 Å². The van der Waals surface area contributed by atoms with Gasteiger partial charge in [0.05, 0.1) is 11.6 Å². The summed E-state index contributed by atoms with van der Waals surface area (Å²) in [6.45, 7) is 3.52. The van der Waals surface area contributed by atoms with Crippen molar-refractivity contribution in [1.29, 1.82) is 0 Å². The van der Waals surface area contributed by atoms with Gasteiger partial charge >= 0.3 is 0 Å². The van der Waals surface area contributed by atoms with Crippen molar-refractivity contribution in [3.8, 4) is 0 Å². The summed E-state index contributed by atoms with van der Waals surface area (Å²) in [5, 5.41) is 9.46. The van der Waals surface area contributed by atoms with Crippen LogP contribution in [0.1, 0.15) is 25.8 Å². The van der Waals surface area contributed by atoms with Crippen LogP contribution in [0.2, 0.25) is 10.0 Å². The molecule has 1 unspecified atom stereocenters. The third kappa shape index (κ3) is 5.62. The summed E-state index contributed by atoms with van der Waals surface area (Å²) in [7, 11) is -3.74. The van der Waals surface area contributed by atoms with Crippen LogP contribution in [0, 0.1) is 0 Å². The number of aliphatic hydroxyl groups excluding tert-OH is 1. The van der Waals surface area contributed by atoms with Crippen LogP contribution in [-0.4, -0.2) is 31.1 Å². The van der Waals surface area contributed by atoms with Gasteiger partial charge in [-0.05, 0) is 42.5 Å². The first kappa shape index (κ1) is 19.1. The fraction of sp³-hybridized carbons (Fsp3) is 0.538. The van der Waals surface area contributed by atoms with Crippen molar-refractivity contribution in [3.63, 3.8) is 0 Å². The Morgan fingerprint density at radius 3 is 2.57 bits per heavy atom. The maximum atomic E-state index is 12.3. The number of aliphatic hydroxyl groups is 1. The molecule has 0 amide bonds. The Bertz CT molecular complexity index is 579. The first-order chi connectivity index (χ1) is 9.81. The summed E-state index contributed by atoms with van der Waals surface area (Å²) in [5.74, 6) is 1.89. The average Bonchev–Trinajstić information content (AvgIpc) is 2.38. The standard InChI is InChI=1S/C13H19Cl2NO3S2/c1-3-20-5-4-9(2)16-21(18,19)13-6-10(8-17)11(14)7-12(13)15/h6-7,9,16-17H,3-5,8H2,1-2H3. The van der Waals surface area contributed by atoms with Gasteiger partial charge in [0.15, 0.2) is 0 Å². The average molecular weight is 372 g/mol. The van der Waals surface area contributed by atoms with E-state index in [-0.39, 0.29) is 27.6 Å². The van der Waals surface area contributed by atoms with E-state index in [4.69, 9.17) is 23.2 Å². The van der Waals surface area contributed by atoms with Crippen LogP contribution < -0.4 is 4.72 Å². The second-order valence-electron chi connectivity index (χ2n) is 4.54. The number of nitrogens with one attached hydrogen (secondary N) is 1. The maximum absolute atomic E-state index is 12.3. The van der Waals surface area contributed by atoms with E-state index in [1.807, 2.05) is 6.92 Å². The second kappa shape index (κ2) is 8.60. The van der Waals surface area contributed by atoms with Gasteiger partial charge < -0.3 is 5.11 Å². The molecule has 1 aromatic rings. The minimum absolute atomic E-state index is 0.0415. The van der Waals surface area contributed by atoms with Gasteiger partial charge in [0.2, 0.25) is 10.0 Å². The lowest BCUT2D eigenvalue weighted by Crippen LogP contribution is -2.33. The minimum Gasteiger partial charge on any atom is -0.392 e. The molecule has 21 heavy (non-hydrogen) atoms. The van der Waals surface area contributed by atoms with E-state index in [1.54, 1.807) is 11.8 Å². The Hall–Kier alpha value is 0.0200. The summed E-state index contributed by atoms with van der Waals surface area (Å²) in [6, 6.07) is 2.44. The molecule has 0 aromatic heterocycles. The summed E-state index contributed by atoms with van der Waals surface area (Å²) >= 11 is 13.6. The van der Waals surface area contributed by atoms with E-state index in [1.165, 1.54) is 12.1 Å². The third-order valence-corrected chi connectivity index (χ3v) is 6.16. The molecule has 0 radical (unpaired) electrons. The van der Waals surface area contributed by atoms with Crippen LogP contribution >= 0.6 is 35.0 Å². The first-order valence-corrected chi connectivity index (χ1v) is 9.90. The van der Waals surface area contributed by atoms with Crippen molar-refractivity contribution in [2.24, 2.45) is 0 Å². The fourth-order valence-corrected chi connectivity index (χ4v) is 4.63. The van der Waals surface area contributed by atoms with Crippen LogP contribution in [-0.2, 0) is 16.6 Å². The zero-order valence-electron chi connectivity index (χ0n) is 11.9. The second-order valence-corrected chi connectivity index (χ2v) is 8.43. The van der Waals surface area contributed by atoms with Crippen LogP contribution in [0.5, 0.6) is 0 Å². The van der Waals surface area contributed by atoms with Crippen LogP contribution in [0.25, 0.3) is 0 Å². The minimum atomic E-state index is -3.74. The van der Waals surface area contributed by atoms with E-state index in [9.17, 15) is 13.5 Å². The molecule has 0 saturated heterocycles. The highest BCUT2D eigenvalue weighted by Crippen LogP contribution is 2.29. The summed E-state index contributed by atoms with van der Waals surface area (Å²) < 4.78 is 27.3. The zero-order chi connectivity index (χ0) is 16.0. The lowest BCUT2D eigenvalue weighted by Gasteiger charge is -2.15. The zero-order valence-corrected chi connectivity index (χ0v) is 15.0. The van der Waals surface area contributed by atoms with Crippen molar-refractivity contribution in [2.75, 3.05) is 11.5 Å². The highest BCUT2D eigenvalue weighted by molar-refractivity contribution is 7.99. The SMILES string of the molecule is CCSCCC(C)NS(=O)(=O)c1cc(CO)c(Cl)cc1Cl. The number of halogens is 2. The van der Waals surface area contributed by atoms with Gasteiger partial charge in [-0.1, -0.05) is 30.1 Å². The molecule has 120 valence electrons. The molecule has 1 rings (SSSR count). The first-order valence-electron chi connectivity index (χ1n) is 6.50. The molecule has 0 spiro atoms. The van der Waals surface area contributed by atoms with Crippen molar-refractivity contribution in [3.05, 3.63) is 27.7 Å². The highest BCUT2D eigenvalue weighted by Gasteiger charge is 2.22. The van der Waals surface area contributed by atoms with E-state index in [0.29, 0.717) is 5.56 Å². The number of hydrogen-bond acceptors (Lipinski definition) is 4. The Labute approximate surface area is 140 Å². The third-order valence-electron chi connectivity index (χ3n) is 2.82. The summed E-state index contributed by atoms with van der Waals surface area (Å²) in [4.78, 5) is -0.0624.